The first-order valence-corrected chi connectivity index (χ1v) is 4.59. The monoisotopic (exact) mass is 183 g/mol. The van der Waals surface area contributed by atoms with Crippen LogP contribution >= 0.6 is 0 Å². The highest BCUT2D eigenvalue weighted by molar-refractivity contribution is 6.13. The van der Waals surface area contributed by atoms with Crippen LogP contribution in [0.2, 0.25) is 0 Å². The van der Waals surface area contributed by atoms with Gasteiger partial charge < -0.3 is 4.81 Å². The number of rotatable bonds is 1. The van der Waals surface area contributed by atoms with Crippen LogP contribution in [0.25, 0.3) is 5.70 Å². The first-order chi connectivity index (χ1) is 6.77. The number of benzene rings is 1. The van der Waals surface area contributed by atoms with Gasteiger partial charge in [0.1, 0.15) is 0 Å². The smallest absolute Gasteiger partial charge is 0.226 e. The molecular formula is C11H10BNO. The lowest BCUT2D eigenvalue weighted by Gasteiger charge is -2.26. The van der Waals surface area contributed by atoms with Crippen LogP contribution in [0.4, 0.5) is 0 Å². The molecule has 2 radical (unpaired) electrons. The number of nitrogens with zero attached hydrogens (tertiary/aromatic N) is 1. The number of ketones is 1. The summed E-state index contributed by atoms with van der Waals surface area (Å²) in [5, 5.41) is 0. The highest BCUT2D eigenvalue weighted by Gasteiger charge is 2.14. The van der Waals surface area contributed by atoms with Crippen LogP contribution in [-0.4, -0.2) is 25.1 Å². The Balaban J connectivity index is 2.37. The molecule has 0 amide bonds. The van der Waals surface area contributed by atoms with Crippen LogP contribution in [0.1, 0.15) is 12.0 Å². The SMILES string of the molecule is [B]N1CCC(=O)C=C1c1ccccc1. The van der Waals surface area contributed by atoms with Gasteiger partial charge in [0, 0.05) is 24.7 Å². The van der Waals surface area contributed by atoms with Crippen molar-refractivity contribution in [2.75, 3.05) is 6.54 Å². The molecule has 0 aliphatic carbocycles. The van der Waals surface area contributed by atoms with Crippen molar-refractivity contribution in [3.05, 3.63) is 42.0 Å². The molecule has 1 aliphatic heterocycles. The summed E-state index contributed by atoms with van der Waals surface area (Å²) in [5.41, 5.74) is 1.80. The molecule has 1 aromatic carbocycles. The van der Waals surface area contributed by atoms with E-state index in [1.807, 2.05) is 30.3 Å². The Morgan fingerprint density at radius 3 is 2.64 bits per heavy atom. The third kappa shape index (κ3) is 1.71. The lowest BCUT2D eigenvalue weighted by molar-refractivity contribution is -0.114. The lowest BCUT2D eigenvalue weighted by atomic mass is 10.0. The summed E-state index contributed by atoms with van der Waals surface area (Å²) in [6, 6.07) is 9.70. The largest absolute Gasteiger partial charge is 0.424 e. The molecule has 0 fully saturated rings. The average Bonchev–Trinajstić information content (AvgIpc) is 2.23. The molecule has 0 saturated carbocycles. The molecule has 2 rings (SSSR count). The highest BCUT2D eigenvalue weighted by Crippen LogP contribution is 2.20. The van der Waals surface area contributed by atoms with E-state index < -0.39 is 0 Å². The zero-order valence-electron chi connectivity index (χ0n) is 7.81. The number of carbonyl (C=O) groups excluding carboxylic acids is 1. The van der Waals surface area contributed by atoms with E-state index in [2.05, 4.69) is 0 Å². The first-order valence-electron chi connectivity index (χ1n) is 4.59. The van der Waals surface area contributed by atoms with Gasteiger partial charge in [0.05, 0.1) is 0 Å². The molecule has 14 heavy (non-hydrogen) atoms. The molecular weight excluding hydrogens is 173 g/mol. The summed E-state index contributed by atoms with van der Waals surface area (Å²) >= 11 is 0. The number of carbonyl (C=O) groups is 1. The maximum Gasteiger partial charge on any atom is 0.226 e. The Kier molecular flexibility index (Phi) is 2.40. The van der Waals surface area contributed by atoms with Gasteiger partial charge in [-0.15, -0.1) is 0 Å². The van der Waals surface area contributed by atoms with Crippen molar-refractivity contribution in [1.82, 2.24) is 4.81 Å². The molecule has 0 aromatic heterocycles. The zero-order valence-corrected chi connectivity index (χ0v) is 7.81. The first kappa shape index (κ1) is 9.07. The molecule has 1 aromatic rings. The standard InChI is InChI=1S/C11H10BNO/c12-13-7-6-10(14)8-11(13)9-4-2-1-3-5-9/h1-5,8H,6-7H2. The van der Waals surface area contributed by atoms with Gasteiger partial charge in [-0.1, -0.05) is 30.3 Å². The molecule has 0 saturated heterocycles. The van der Waals surface area contributed by atoms with Gasteiger partial charge in [0.15, 0.2) is 5.78 Å². The van der Waals surface area contributed by atoms with E-state index in [4.69, 9.17) is 7.98 Å². The Morgan fingerprint density at radius 1 is 1.21 bits per heavy atom. The van der Waals surface area contributed by atoms with Gasteiger partial charge in [0.25, 0.3) is 0 Å². The third-order valence-corrected chi connectivity index (χ3v) is 2.28. The average molecular weight is 183 g/mol. The van der Waals surface area contributed by atoms with Crippen LogP contribution in [-0.2, 0) is 4.79 Å². The second-order valence-corrected chi connectivity index (χ2v) is 3.31. The summed E-state index contributed by atoms with van der Waals surface area (Å²) in [4.78, 5) is 12.9. The Labute approximate surface area is 84.7 Å². The molecule has 0 bridgehead atoms. The maximum atomic E-state index is 11.2. The fourth-order valence-electron chi connectivity index (χ4n) is 1.52. The van der Waals surface area contributed by atoms with Crippen LogP contribution in [0, 0.1) is 0 Å². The van der Waals surface area contributed by atoms with Crippen molar-refractivity contribution < 1.29 is 4.79 Å². The van der Waals surface area contributed by atoms with Crippen molar-refractivity contribution in [1.29, 1.82) is 0 Å². The van der Waals surface area contributed by atoms with Crippen molar-refractivity contribution in [2.45, 2.75) is 6.42 Å². The molecule has 0 N–H and O–H groups in total. The Bertz CT molecular complexity index is 372. The van der Waals surface area contributed by atoms with Gasteiger partial charge in [0.2, 0.25) is 7.98 Å². The summed E-state index contributed by atoms with van der Waals surface area (Å²) < 4.78 is 0. The molecule has 0 atom stereocenters. The second-order valence-electron chi connectivity index (χ2n) is 3.31. The van der Waals surface area contributed by atoms with E-state index in [0.717, 1.165) is 11.3 Å². The van der Waals surface area contributed by atoms with Crippen molar-refractivity contribution in [3.8, 4) is 0 Å². The molecule has 0 unspecified atom stereocenters. The van der Waals surface area contributed by atoms with E-state index in [-0.39, 0.29) is 5.78 Å². The highest BCUT2D eigenvalue weighted by atomic mass is 16.1. The molecule has 0 spiro atoms. The lowest BCUT2D eigenvalue weighted by Crippen LogP contribution is -2.26. The van der Waals surface area contributed by atoms with Crippen molar-refractivity contribution in [2.24, 2.45) is 0 Å². The topological polar surface area (TPSA) is 20.3 Å². The predicted octanol–water partition coefficient (Wildman–Crippen LogP) is 1.39. The Morgan fingerprint density at radius 2 is 1.93 bits per heavy atom. The number of allylic oxidation sites excluding steroid dienone is 1. The fraction of sp³-hybridized carbons (Fsp3) is 0.182. The van der Waals surface area contributed by atoms with Crippen LogP contribution in [0.15, 0.2) is 36.4 Å². The summed E-state index contributed by atoms with van der Waals surface area (Å²) in [6.07, 6.45) is 2.12. The van der Waals surface area contributed by atoms with Gasteiger partial charge in [-0.05, 0) is 5.56 Å². The van der Waals surface area contributed by atoms with Gasteiger partial charge in [-0.3, -0.25) is 4.79 Å². The van der Waals surface area contributed by atoms with Gasteiger partial charge >= 0.3 is 0 Å². The zero-order chi connectivity index (χ0) is 9.97. The minimum atomic E-state index is 0.144. The maximum absolute atomic E-state index is 11.2. The van der Waals surface area contributed by atoms with Crippen molar-refractivity contribution in [3.63, 3.8) is 0 Å². The van der Waals surface area contributed by atoms with E-state index in [1.165, 1.54) is 0 Å². The number of hydrogen-bond donors (Lipinski definition) is 0. The van der Waals surface area contributed by atoms with Crippen LogP contribution in [0.3, 0.4) is 0 Å². The minimum Gasteiger partial charge on any atom is -0.424 e. The van der Waals surface area contributed by atoms with Crippen LogP contribution in [0.5, 0.6) is 0 Å². The van der Waals surface area contributed by atoms with Crippen LogP contribution < -0.4 is 0 Å². The fourth-order valence-corrected chi connectivity index (χ4v) is 1.52. The summed E-state index contributed by atoms with van der Waals surface area (Å²) in [5.74, 6) is 0.144. The quantitative estimate of drug-likeness (QED) is 0.613. The molecule has 2 nitrogen and oxygen atoms in total. The van der Waals surface area contributed by atoms with Gasteiger partial charge in [-0.2, -0.15) is 0 Å². The Hall–Kier alpha value is -1.51. The molecule has 3 heteroatoms. The van der Waals surface area contributed by atoms with Gasteiger partial charge in [-0.25, -0.2) is 0 Å². The normalized spacial score (nSPS) is 16.7. The summed E-state index contributed by atoms with van der Waals surface area (Å²) in [7, 11) is 5.79. The summed E-state index contributed by atoms with van der Waals surface area (Å²) in [6.45, 7) is 0.597. The van der Waals surface area contributed by atoms with E-state index in [0.29, 0.717) is 13.0 Å². The second kappa shape index (κ2) is 3.70. The molecule has 1 aliphatic rings. The third-order valence-electron chi connectivity index (χ3n) is 2.28. The van der Waals surface area contributed by atoms with E-state index in [9.17, 15) is 4.79 Å². The van der Waals surface area contributed by atoms with Crippen molar-refractivity contribution >= 4 is 19.5 Å². The number of hydrogen-bond acceptors (Lipinski definition) is 2. The predicted molar refractivity (Wildman–Crippen MR) is 56.5 cm³/mol. The minimum absolute atomic E-state index is 0.144. The molecule has 1 heterocycles. The van der Waals surface area contributed by atoms with E-state index >= 15 is 0 Å². The molecule has 68 valence electrons. The van der Waals surface area contributed by atoms with E-state index in [1.54, 1.807) is 10.9 Å².